The van der Waals surface area contributed by atoms with E-state index in [4.69, 9.17) is 0 Å². The Labute approximate surface area is 133 Å². The Morgan fingerprint density at radius 1 is 0.750 bits per heavy atom. The van der Waals surface area contributed by atoms with Crippen molar-refractivity contribution in [3.8, 4) is 0 Å². The molecule has 0 saturated heterocycles. The molecule has 0 aliphatic carbocycles. The van der Waals surface area contributed by atoms with Crippen LogP contribution in [0.25, 0.3) is 10.8 Å². The maximum atomic E-state index is 2.20. The van der Waals surface area contributed by atoms with Gasteiger partial charge in [-0.3, -0.25) is 0 Å². The van der Waals surface area contributed by atoms with Gasteiger partial charge in [-0.1, -0.05) is 40.0 Å². The van der Waals surface area contributed by atoms with Crippen molar-refractivity contribution in [1.82, 2.24) is 0 Å². The third-order valence-corrected chi connectivity index (χ3v) is 4.36. The predicted octanol–water partition coefficient (Wildman–Crippen LogP) is 5.50. The molecule has 20 heavy (non-hydrogen) atoms. The molecule has 0 amide bonds. The second-order valence-electron chi connectivity index (χ2n) is 5.28. The van der Waals surface area contributed by atoms with Crippen molar-refractivity contribution in [3.05, 3.63) is 70.3 Å². The fourth-order valence-electron chi connectivity index (χ4n) is 2.48. The van der Waals surface area contributed by atoms with Gasteiger partial charge in [-0.15, -0.1) is 35.7 Å². The molecule has 3 aromatic carbocycles. The number of benzene rings is 1. The molecule has 1 heteroatoms. The molecule has 3 rings (SSSR count). The summed E-state index contributed by atoms with van der Waals surface area (Å²) in [5, 5.41) is 2.66. The molecular weight excluding hydrogens is 284 g/mol. The maximum absolute atomic E-state index is 2.20. The molecule has 0 aliphatic heterocycles. The fourth-order valence-corrected chi connectivity index (χ4v) is 2.48. The molecule has 0 fully saturated rings. The maximum Gasteiger partial charge on any atom is 0 e. The number of hydrogen-bond donors (Lipinski definition) is 0. The first-order valence-corrected chi connectivity index (χ1v) is 6.82. The zero-order valence-electron chi connectivity index (χ0n) is 12.9. The molecular formula is C19H22Fe-2. The molecule has 108 valence electrons. The normalized spacial score (nSPS) is 9.85. The SMILES string of the molecule is Cc1c(C)c(C)[c-](C)c1C.[Fe].c1cc[c-]2cccc2c1. The summed E-state index contributed by atoms with van der Waals surface area (Å²) in [5.74, 6) is 0. The third kappa shape index (κ3) is 3.23. The molecule has 0 atom stereocenters. The number of hydrogen-bond acceptors (Lipinski definition) is 0. The van der Waals surface area contributed by atoms with Crippen LogP contribution in [0.2, 0.25) is 0 Å². The van der Waals surface area contributed by atoms with Gasteiger partial charge in [0.15, 0.2) is 0 Å². The monoisotopic (exact) mass is 306 g/mol. The first-order valence-electron chi connectivity index (χ1n) is 6.82. The zero-order chi connectivity index (χ0) is 14.0. The summed E-state index contributed by atoms with van der Waals surface area (Å²) in [6.07, 6.45) is 0. The van der Waals surface area contributed by atoms with Gasteiger partial charge in [0.1, 0.15) is 0 Å². The van der Waals surface area contributed by atoms with E-state index < -0.39 is 0 Å². The summed E-state index contributed by atoms with van der Waals surface area (Å²) in [6.45, 7) is 11.0. The molecule has 0 aromatic heterocycles. The summed E-state index contributed by atoms with van der Waals surface area (Å²) in [5.41, 5.74) is 7.34. The van der Waals surface area contributed by atoms with Crippen LogP contribution < -0.4 is 0 Å². The Morgan fingerprint density at radius 2 is 1.25 bits per heavy atom. The Bertz CT molecular complexity index is 573. The van der Waals surface area contributed by atoms with Gasteiger partial charge in [-0.25, -0.2) is 0 Å². The van der Waals surface area contributed by atoms with Crippen molar-refractivity contribution >= 4 is 10.8 Å². The summed E-state index contributed by atoms with van der Waals surface area (Å²) in [4.78, 5) is 0. The van der Waals surface area contributed by atoms with Gasteiger partial charge in [-0.05, 0) is 0 Å². The Hall–Kier alpha value is -1.30. The van der Waals surface area contributed by atoms with Crippen LogP contribution in [-0.4, -0.2) is 0 Å². The minimum atomic E-state index is 0. The molecule has 3 aromatic rings. The van der Waals surface area contributed by atoms with Crippen LogP contribution in [0, 0.1) is 34.6 Å². The van der Waals surface area contributed by atoms with E-state index in [1.54, 1.807) is 0 Å². The molecule has 0 nitrogen and oxygen atoms in total. The van der Waals surface area contributed by atoms with Gasteiger partial charge in [0.25, 0.3) is 0 Å². The van der Waals surface area contributed by atoms with Gasteiger partial charge in [0.05, 0.1) is 0 Å². The molecule has 0 spiro atoms. The van der Waals surface area contributed by atoms with Crippen LogP contribution in [-0.2, 0) is 17.1 Å². The molecule has 0 heterocycles. The van der Waals surface area contributed by atoms with Gasteiger partial charge >= 0.3 is 0 Å². The van der Waals surface area contributed by atoms with Crippen molar-refractivity contribution in [2.45, 2.75) is 34.6 Å². The van der Waals surface area contributed by atoms with Crippen LogP contribution >= 0.6 is 0 Å². The van der Waals surface area contributed by atoms with E-state index >= 15 is 0 Å². The fraction of sp³-hybridized carbons (Fsp3) is 0.263. The largest absolute Gasteiger partial charge is 0.196 e. The van der Waals surface area contributed by atoms with Gasteiger partial charge < -0.3 is 0 Å². The standard InChI is InChI=1S/C10H15.C9H7.Fe/c1-6-7(2)9(4)10(5)8(6)3;1-2-5-9-7-3-6-8(9)4-1;/h1-5H3;1-7H;/q2*-1;. The quantitative estimate of drug-likeness (QED) is 0.380. The van der Waals surface area contributed by atoms with Crippen LogP contribution in [0.1, 0.15) is 27.8 Å². The van der Waals surface area contributed by atoms with E-state index in [0.29, 0.717) is 0 Å². The number of rotatable bonds is 0. The zero-order valence-corrected chi connectivity index (χ0v) is 14.0. The first-order chi connectivity index (χ1) is 9.02. The summed E-state index contributed by atoms with van der Waals surface area (Å²) >= 11 is 0. The van der Waals surface area contributed by atoms with E-state index in [2.05, 4.69) is 77.1 Å². The second-order valence-corrected chi connectivity index (χ2v) is 5.28. The summed E-state index contributed by atoms with van der Waals surface area (Å²) in [6, 6.07) is 14.7. The van der Waals surface area contributed by atoms with E-state index in [-0.39, 0.29) is 17.1 Å². The Morgan fingerprint density at radius 3 is 1.70 bits per heavy atom. The Balaban J connectivity index is 0.000000191. The average Bonchev–Trinajstić information content (AvgIpc) is 2.97. The van der Waals surface area contributed by atoms with Crippen molar-refractivity contribution in [2.24, 2.45) is 0 Å². The third-order valence-electron chi connectivity index (χ3n) is 4.36. The minimum absolute atomic E-state index is 0. The summed E-state index contributed by atoms with van der Waals surface area (Å²) < 4.78 is 0. The molecule has 0 aliphatic rings. The van der Waals surface area contributed by atoms with Gasteiger partial charge in [0, 0.05) is 17.1 Å². The molecule has 0 radical (unpaired) electrons. The van der Waals surface area contributed by atoms with Crippen molar-refractivity contribution in [1.29, 1.82) is 0 Å². The van der Waals surface area contributed by atoms with Gasteiger partial charge in [-0.2, -0.15) is 39.9 Å². The van der Waals surface area contributed by atoms with E-state index in [0.717, 1.165) is 0 Å². The van der Waals surface area contributed by atoms with Crippen molar-refractivity contribution in [3.63, 3.8) is 0 Å². The smallest absolute Gasteiger partial charge is 0 e. The second kappa shape index (κ2) is 6.92. The summed E-state index contributed by atoms with van der Waals surface area (Å²) in [7, 11) is 0. The van der Waals surface area contributed by atoms with E-state index in [9.17, 15) is 0 Å². The molecule has 0 unspecified atom stereocenters. The topological polar surface area (TPSA) is 0 Å². The molecule has 0 saturated carbocycles. The average molecular weight is 306 g/mol. The first kappa shape index (κ1) is 16.8. The van der Waals surface area contributed by atoms with Gasteiger partial charge in [0.2, 0.25) is 0 Å². The van der Waals surface area contributed by atoms with Crippen molar-refractivity contribution < 1.29 is 17.1 Å². The van der Waals surface area contributed by atoms with E-state index in [1.807, 2.05) is 0 Å². The molecule has 0 N–H and O–H groups in total. The van der Waals surface area contributed by atoms with Crippen LogP contribution in [0.5, 0.6) is 0 Å². The van der Waals surface area contributed by atoms with Crippen LogP contribution in [0.4, 0.5) is 0 Å². The van der Waals surface area contributed by atoms with E-state index in [1.165, 1.54) is 38.6 Å². The minimum Gasteiger partial charge on any atom is -0.196 e. The van der Waals surface area contributed by atoms with Crippen molar-refractivity contribution in [2.75, 3.05) is 0 Å². The predicted molar refractivity (Wildman–Crippen MR) is 85.3 cm³/mol. The number of fused-ring (bicyclic) bond motifs is 1. The molecule has 0 bridgehead atoms. The van der Waals surface area contributed by atoms with Crippen LogP contribution in [0.3, 0.4) is 0 Å². The van der Waals surface area contributed by atoms with Crippen LogP contribution in [0.15, 0.2) is 42.5 Å². The Kier molecular flexibility index (Phi) is 5.80.